The van der Waals surface area contributed by atoms with E-state index in [9.17, 15) is 0 Å². The van der Waals surface area contributed by atoms with Crippen LogP contribution in [0.3, 0.4) is 0 Å². The van der Waals surface area contributed by atoms with Gasteiger partial charge in [0.15, 0.2) is 0 Å². The summed E-state index contributed by atoms with van der Waals surface area (Å²) in [6.45, 7) is 2.61. The highest BCUT2D eigenvalue weighted by atomic mass is 35.5. The van der Waals surface area contributed by atoms with Crippen molar-refractivity contribution in [1.29, 1.82) is 0 Å². The number of benzene rings is 1. The van der Waals surface area contributed by atoms with Crippen LogP contribution in [0, 0.1) is 6.92 Å². The van der Waals surface area contributed by atoms with E-state index in [0.29, 0.717) is 22.1 Å². The van der Waals surface area contributed by atoms with Gasteiger partial charge in [-0.1, -0.05) is 29.9 Å². The van der Waals surface area contributed by atoms with Crippen LogP contribution in [-0.2, 0) is 6.54 Å². The number of aryl methyl sites for hydroxylation is 1. The molecule has 0 amide bonds. The fraction of sp³-hybridized carbons (Fsp3) is 0.143. The Balaban J connectivity index is 2.08. The largest absolute Gasteiger partial charge is 0.389 e. The maximum absolute atomic E-state index is 6.11. The highest BCUT2D eigenvalue weighted by Gasteiger charge is 2.04. The van der Waals surface area contributed by atoms with Crippen molar-refractivity contribution in [2.45, 2.75) is 13.5 Å². The number of hydrogen-bond acceptors (Lipinski definition) is 3. The summed E-state index contributed by atoms with van der Waals surface area (Å²) in [6, 6.07) is 11.5. The van der Waals surface area contributed by atoms with Gasteiger partial charge in [-0.05, 0) is 37.3 Å². The molecule has 0 radical (unpaired) electrons. The van der Waals surface area contributed by atoms with Crippen molar-refractivity contribution in [3.8, 4) is 0 Å². The van der Waals surface area contributed by atoms with Crippen molar-refractivity contribution in [2.24, 2.45) is 5.73 Å². The Morgan fingerprint density at radius 2 is 2.16 bits per heavy atom. The molecule has 98 valence electrons. The molecule has 0 atom stereocenters. The predicted octanol–water partition coefficient (Wildman–Crippen LogP) is 3.29. The quantitative estimate of drug-likeness (QED) is 0.849. The molecule has 0 saturated carbocycles. The zero-order chi connectivity index (χ0) is 13.8. The number of rotatable bonds is 4. The summed E-state index contributed by atoms with van der Waals surface area (Å²) in [6.07, 6.45) is 0. The fourth-order valence-corrected chi connectivity index (χ4v) is 2.23. The van der Waals surface area contributed by atoms with Crippen LogP contribution in [0.15, 0.2) is 36.4 Å². The Hall–Kier alpha value is -1.65. The van der Waals surface area contributed by atoms with Crippen molar-refractivity contribution in [2.75, 3.05) is 5.32 Å². The van der Waals surface area contributed by atoms with Gasteiger partial charge in [0, 0.05) is 16.9 Å². The molecule has 0 spiro atoms. The van der Waals surface area contributed by atoms with E-state index in [-0.39, 0.29) is 0 Å². The third-order valence-electron chi connectivity index (χ3n) is 2.65. The Morgan fingerprint density at radius 1 is 1.37 bits per heavy atom. The fourth-order valence-electron chi connectivity index (χ4n) is 1.72. The third-order valence-corrected chi connectivity index (χ3v) is 3.19. The zero-order valence-corrected chi connectivity index (χ0v) is 12.1. The second-order valence-electron chi connectivity index (χ2n) is 4.18. The van der Waals surface area contributed by atoms with Gasteiger partial charge in [0.1, 0.15) is 4.99 Å². The van der Waals surface area contributed by atoms with E-state index >= 15 is 0 Å². The van der Waals surface area contributed by atoms with Crippen LogP contribution < -0.4 is 11.1 Å². The first-order chi connectivity index (χ1) is 9.06. The van der Waals surface area contributed by atoms with E-state index in [4.69, 9.17) is 29.6 Å². The molecule has 1 aromatic heterocycles. The van der Waals surface area contributed by atoms with Crippen molar-refractivity contribution in [1.82, 2.24) is 4.98 Å². The van der Waals surface area contributed by atoms with Gasteiger partial charge in [-0.25, -0.2) is 0 Å². The minimum absolute atomic E-state index is 0.303. The molecular weight excluding hydrogens is 278 g/mol. The first kappa shape index (κ1) is 13.8. The summed E-state index contributed by atoms with van der Waals surface area (Å²) >= 11 is 11.0. The number of hydrogen-bond donors (Lipinski definition) is 2. The number of pyridine rings is 1. The lowest BCUT2D eigenvalue weighted by molar-refractivity contribution is 1.02. The van der Waals surface area contributed by atoms with Crippen LogP contribution in [0.1, 0.15) is 17.0 Å². The van der Waals surface area contributed by atoms with Gasteiger partial charge >= 0.3 is 0 Å². The van der Waals surface area contributed by atoms with E-state index in [1.54, 1.807) is 0 Å². The lowest BCUT2D eigenvalue weighted by atomic mass is 10.2. The van der Waals surface area contributed by atoms with Gasteiger partial charge in [-0.3, -0.25) is 4.98 Å². The summed E-state index contributed by atoms with van der Waals surface area (Å²) in [4.78, 5) is 4.72. The summed E-state index contributed by atoms with van der Waals surface area (Å²) in [5, 5.41) is 3.81. The van der Waals surface area contributed by atoms with Gasteiger partial charge in [0.2, 0.25) is 0 Å². The number of anilines is 1. The Bertz CT molecular complexity index is 613. The predicted molar refractivity (Wildman–Crippen MR) is 83.6 cm³/mol. The van der Waals surface area contributed by atoms with E-state index in [1.807, 2.05) is 43.3 Å². The molecule has 0 aliphatic heterocycles. The minimum Gasteiger partial charge on any atom is -0.389 e. The molecule has 0 aliphatic rings. The maximum atomic E-state index is 6.11. The average Bonchev–Trinajstić information content (AvgIpc) is 2.36. The first-order valence-corrected chi connectivity index (χ1v) is 6.60. The van der Waals surface area contributed by atoms with Crippen LogP contribution in [0.5, 0.6) is 0 Å². The molecule has 3 nitrogen and oxygen atoms in total. The summed E-state index contributed by atoms with van der Waals surface area (Å²) in [5.74, 6) is 0. The molecule has 1 aromatic carbocycles. The minimum atomic E-state index is 0.303. The van der Waals surface area contributed by atoms with Crippen LogP contribution in [0.4, 0.5) is 5.69 Å². The molecule has 0 fully saturated rings. The van der Waals surface area contributed by atoms with Crippen molar-refractivity contribution in [3.05, 3.63) is 58.4 Å². The molecule has 3 N–H and O–H groups in total. The van der Waals surface area contributed by atoms with Gasteiger partial charge < -0.3 is 11.1 Å². The van der Waals surface area contributed by atoms with Gasteiger partial charge in [-0.2, -0.15) is 0 Å². The molecule has 2 aromatic rings. The van der Waals surface area contributed by atoms with Gasteiger partial charge in [-0.15, -0.1) is 0 Å². The number of aromatic nitrogens is 1. The zero-order valence-electron chi connectivity index (χ0n) is 10.5. The number of thiocarbonyl (C=S) groups is 1. The smallest absolute Gasteiger partial charge is 0.105 e. The molecule has 2 rings (SSSR count). The molecule has 0 saturated heterocycles. The van der Waals surface area contributed by atoms with E-state index in [0.717, 1.165) is 17.1 Å². The van der Waals surface area contributed by atoms with Crippen LogP contribution in [-0.4, -0.2) is 9.97 Å². The number of nitrogens with one attached hydrogen (secondary N) is 1. The second-order valence-corrected chi connectivity index (χ2v) is 5.03. The lowest BCUT2D eigenvalue weighted by Crippen LogP contribution is -2.10. The molecule has 1 heterocycles. The summed E-state index contributed by atoms with van der Waals surface area (Å²) in [7, 11) is 0. The average molecular weight is 292 g/mol. The summed E-state index contributed by atoms with van der Waals surface area (Å²) < 4.78 is 0. The first-order valence-electron chi connectivity index (χ1n) is 5.82. The topological polar surface area (TPSA) is 50.9 Å². The highest BCUT2D eigenvalue weighted by molar-refractivity contribution is 7.80. The van der Waals surface area contributed by atoms with Crippen molar-refractivity contribution >= 4 is 34.5 Å². The molecule has 0 aliphatic carbocycles. The number of nitrogens with zero attached hydrogens (tertiary/aromatic N) is 1. The monoisotopic (exact) mass is 291 g/mol. The SMILES string of the molecule is Cc1cccc(CNc2ccc(C(N)=S)c(Cl)c2)n1. The maximum Gasteiger partial charge on any atom is 0.105 e. The van der Waals surface area contributed by atoms with Crippen LogP contribution in [0.25, 0.3) is 0 Å². The number of halogens is 1. The van der Waals surface area contributed by atoms with Crippen molar-refractivity contribution < 1.29 is 0 Å². The van der Waals surface area contributed by atoms with E-state index in [1.165, 1.54) is 0 Å². The highest BCUT2D eigenvalue weighted by Crippen LogP contribution is 2.21. The Labute approximate surface area is 122 Å². The molecular formula is C14H14ClN3S. The standard InChI is InChI=1S/C14H14ClN3S/c1-9-3-2-4-11(18-9)8-17-10-5-6-12(14(16)19)13(15)7-10/h2-7,17H,8H2,1H3,(H2,16,19). The molecule has 19 heavy (non-hydrogen) atoms. The normalized spacial score (nSPS) is 10.2. The molecule has 0 unspecified atom stereocenters. The van der Waals surface area contributed by atoms with Crippen LogP contribution >= 0.6 is 23.8 Å². The van der Waals surface area contributed by atoms with Gasteiger partial charge in [0.05, 0.1) is 17.3 Å². The molecule has 0 bridgehead atoms. The lowest BCUT2D eigenvalue weighted by Gasteiger charge is -2.09. The van der Waals surface area contributed by atoms with Crippen LogP contribution in [0.2, 0.25) is 5.02 Å². The molecule has 5 heteroatoms. The van der Waals surface area contributed by atoms with Gasteiger partial charge in [0.25, 0.3) is 0 Å². The Kier molecular flexibility index (Phi) is 4.35. The summed E-state index contributed by atoms with van der Waals surface area (Å²) in [5.41, 5.74) is 9.15. The van der Waals surface area contributed by atoms with E-state index < -0.39 is 0 Å². The number of nitrogens with two attached hydrogens (primary N) is 1. The van der Waals surface area contributed by atoms with Crippen molar-refractivity contribution in [3.63, 3.8) is 0 Å². The third kappa shape index (κ3) is 3.66. The Morgan fingerprint density at radius 3 is 2.79 bits per heavy atom. The second kappa shape index (κ2) is 5.99. The van der Waals surface area contributed by atoms with E-state index in [2.05, 4.69) is 10.3 Å².